The van der Waals surface area contributed by atoms with Gasteiger partial charge in [0.05, 0.1) is 12.6 Å². The number of aromatic nitrogens is 2. The van der Waals surface area contributed by atoms with E-state index in [1.54, 1.807) is 0 Å². The Balaban J connectivity index is 1.51. The lowest BCUT2D eigenvalue weighted by atomic mass is 10.1. The largest absolute Gasteiger partial charge is 0.464 e. The van der Waals surface area contributed by atoms with Crippen LogP contribution in [0.25, 0.3) is 0 Å². The Morgan fingerprint density at radius 1 is 1.09 bits per heavy atom. The average molecular weight is 315 g/mol. The van der Waals surface area contributed by atoms with Crippen molar-refractivity contribution in [2.75, 3.05) is 6.54 Å². The second kappa shape index (κ2) is 6.48. The van der Waals surface area contributed by atoms with Gasteiger partial charge in [0.2, 0.25) is 11.8 Å². The second-order valence-corrected chi connectivity index (χ2v) is 6.80. The third kappa shape index (κ3) is 3.34. The molecule has 124 valence electrons. The number of rotatable bonds is 5. The molecule has 1 saturated heterocycles. The van der Waals surface area contributed by atoms with Gasteiger partial charge >= 0.3 is 0 Å². The van der Waals surface area contributed by atoms with E-state index in [-0.39, 0.29) is 0 Å². The van der Waals surface area contributed by atoms with Crippen LogP contribution < -0.4 is 0 Å². The first-order valence-electron chi connectivity index (χ1n) is 8.98. The molecule has 1 atom stereocenters. The van der Waals surface area contributed by atoms with Crippen LogP contribution in [0.2, 0.25) is 0 Å². The maximum Gasteiger partial charge on any atom is 0.230 e. The maximum absolute atomic E-state index is 6.04. The molecule has 0 spiro atoms. The molecule has 0 bridgehead atoms. The first-order chi connectivity index (χ1) is 11.3. The summed E-state index contributed by atoms with van der Waals surface area (Å²) in [6, 6.07) is 4.58. The van der Waals surface area contributed by atoms with Crippen LogP contribution >= 0.6 is 0 Å². The Hall–Kier alpha value is -1.62. The summed E-state index contributed by atoms with van der Waals surface area (Å²) in [4.78, 5) is 2.45. The van der Waals surface area contributed by atoms with Crippen molar-refractivity contribution in [1.29, 1.82) is 0 Å². The zero-order valence-electron chi connectivity index (χ0n) is 13.8. The van der Waals surface area contributed by atoms with Crippen LogP contribution in [0.4, 0.5) is 0 Å². The molecule has 3 heterocycles. The van der Waals surface area contributed by atoms with Gasteiger partial charge < -0.3 is 8.83 Å². The Morgan fingerprint density at radius 3 is 2.78 bits per heavy atom. The molecule has 2 aromatic rings. The molecular formula is C18H25N3O2. The summed E-state index contributed by atoms with van der Waals surface area (Å²) in [5.41, 5.74) is 0. The van der Waals surface area contributed by atoms with Crippen LogP contribution in [0.15, 0.2) is 21.0 Å². The zero-order chi connectivity index (χ0) is 15.6. The summed E-state index contributed by atoms with van der Waals surface area (Å²) in [6.45, 7) is 3.92. The van der Waals surface area contributed by atoms with E-state index >= 15 is 0 Å². The van der Waals surface area contributed by atoms with Crippen LogP contribution in [-0.2, 0) is 13.0 Å². The van der Waals surface area contributed by atoms with Crippen molar-refractivity contribution in [2.24, 2.45) is 0 Å². The molecule has 0 radical (unpaired) electrons. The number of aryl methyl sites for hydroxylation is 1. The van der Waals surface area contributed by atoms with Gasteiger partial charge in [-0.3, -0.25) is 4.90 Å². The van der Waals surface area contributed by atoms with Crippen molar-refractivity contribution in [3.63, 3.8) is 0 Å². The molecule has 2 fully saturated rings. The molecule has 23 heavy (non-hydrogen) atoms. The van der Waals surface area contributed by atoms with E-state index in [2.05, 4.69) is 34.2 Å². The molecular weight excluding hydrogens is 290 g/mol. The fourth-order valence-corrected chi connectivity index (χ4v) is 3.44. The van der Waals surface area contributed by atoms with E-state index in [9.17, 15) is 0 Å². The summed E-state index contributed by atoms with van der Waals surface area (Å²) in [5.74, 6) is 4.26. The van der Waals surface area contributed by atoms with Crippen molar-refractivity contribution in [2.45, 2.75) is 70.4 Å². The van der Waals surface area contributed by atoms with Gasteiger partial charge in [-0.15, -0.1) is 10.2 Å². The van der Waals surface area contributed by atoms with Gasteiger partial charge in [0, 0.05) is 12.3 Å². The van der Waals surface area contributed by atoms with Gasteiger partial charge in [0.1, 0.15) is 11.5 Å². The summed E-state index contributed by atoms with van der Waals surface area (Å²) in [7, 11) is 0. The Morgan fingerprint density at radius 2 is 2.00 bits per heavy atom. The fraction of sp³-hybridized carbons (Fsp3) is 0.667. The quantitative estimate of drug-likeness (QED) is 0.827. The Kier molecular flexibility index (Phi) is 4.21. The smallest absolute Gasteiger partial charge is 0.230 e. The van der Waals surface area contributed by atoms with Gasteiger partial charge in [-0.1, -0.05) is 19.8 Å². The molecule has 0 aromatic carbocycles. The molecule has 1 aliphatic carbocycles. The highest BCUT2D eigenvalue weighted by molar-refractivity contribution is 5.11. The normalized spacial score (nSPS) is 23.1. The lowest BCUT2D eigenvalue weighted by Gasteiger charge is -2.26. The van der Waals surface area contributed by atoms with E-state index in [1.165, 1.54) is 32.1 Å². The number of hydrogen-bond acceptors (Lipinski definition) is 5. The third-order valence-electron chi connectivity index (χ3n) is 4.97. The van der Waals surface area contributed by atoms with Crippen LogP contribution in [0.3, 0.4) is 0 Å². The van der Waals surface area contributed by atoms with Crippen molar-refractivity contribution < 1.29 is 8.83 Å². The van der Waals surface area contributed by atoms with E-state index < -0.39 is 0 Å². The highest BCUT2D eigenvalue weighted by atomic mass is 16.4. The Bertz CT molecular complexity index is 644. The molecule has 5 nitrogen and oxygen atoms in total. The van der Waals surface area contributed by atoms with Gasteiger partial charge in [-0.2, -0.15) is 0 Å². The van der Waals surface area contributed by atoms with Crippen molar-refractivity contribution in [1.82, 2.24) is 15.1 Å². The minimum absolute atomic E-state index is 0.328. The predicted octanol–water partition coefficient (Wildman–Crippen LogP) is 4.22. The van der Waals surface area contributed by atoms with Crippen molar-refractivity contribution >= 4 is 0 Å². The standard InChI is InChI=1S/C18H25N3O2/c1-2-14-9-10-16(22-14)15-6-4-3-5-11-21(15)12-17-19-20-18(23-17)13-7-8-13/h9-10,13,15H,2-8,11-12H2,1H3/t15-/m1/s1. The molecule has 0 N–H and O–H groups in total. The minimum atomic E-state index is 0.328. The number of likely N-dealkylation sites (tertiary alicyclic amines) is 1. The first kappa shape index (κ1) is 14.9. The molecule has 0 unspecified atom stereocenters. The van der Waals surface area contributed by atoms with Crippen LogP contribution in [-0.4, -0.2) is 21.6 Å². The van der Waals surface area contributed by atoms with Gasteiger partial charge in [-0.05, 0) is 44.4 Å². The van der Waals surface area contributed by atoms with Crippen LogP contribution in [0.5, 0.6) is 0 Å². The van der Waals surface area contributed by atoms with Crippen molar-refractivity contribution in [3.8, 4) is 0 Å². The highest BCUT2D eigenvalue weighted by Gasteiger charge is 2.31. The number of nitrogens with zero attached hydrogens (tertiary/aromatic N) is 3. The summed E-state index contributed by atoms with van der Waals surface area (Å²) in [6.07, 6.45) is 8.23. The van der Waals surface area contributed by atoms with E-state index in [0.29, 0.717) is 12.0 Å². The summed E-state index contributed by atoms with van der Waals surface area (Å²) < 4.78 is 11.9. The molecule has 2 aromatic heterocycles. The van der Waals surface area contributed by atoms with Gasteiger partial charge in [0.15, 0.2) is 0 Å². The molecule has 1 saturated carbocycles. The monoisotopic (exact) mass is 315 g/mol. The average Bonchev–Trinajstić information content (AvgIpc) is 3.20. The van der Waals surface area contributed by atoms with Crippen molar-refractivity contribution in [3.05, 3.63) is 35.4 Å². The van der Waals surface area contributed by atoms with E-state index in [1.807, 2.05) is 0 Å². The molecule has 1 aliphatic heterocycles. The lowest BCUT2D eigenvalue weighted by molar-refractivity contribution is 0.152. The summed E-state index contributed by atoms with van der Waals surface area (Å²) in [5, 5.41) is 8.48. The molecule has 4 rings (SSSR count). The molecule has 5 heteroatoms. The first-order valence-corrected chi connectivity index (χ1v) is 8.98. The zero-order valence-corrected chi connectivity index (χ0v) is 13.8. The van der Waals surface area contributed by atoms with E-state index in [4.69, 9.17) is 8.83 Å². The third-order valence-corrected chi connectivity index (χ3v) is 4.97. The number of hydrogen-bond donors (Lipinski definition) is 0. The van der Waals surface area contributed by atoms with Gasteiger partial charge in [-0.25, -0.2) is 0 Å². The SMILES string of the molecule is CCc1ccc([C@H]2CCCCCN2Cc2nnc(C3CC3)o2)o1. The number of furan rings is 1. The van der Waals surface area contributed by atoms with E-state index in [0.717, 1.165) is 49.2 Å². The molecule has 0 amide bonds. The second-order valence-electron chi connectivity index (χ2n) is 6.80. The fourth-order valence-electron chi connectivity index (χ4n) is 3.44. The maximum atomic E-state index is 6.04. The van der Waals surface area contributed by atoms with Crippen LogP contribution in [0, 0.1) is 0 Å². The lowest BCUT2D eigenvalue weighted by Crippen LogP contribution is -2.28. The summed E-state index contributed by atoms with van der Waals surface area (Å²) >= 11 is 0. The van der Waals surface area contributed by atoms with Crippen LogP contribution in [0.1, 0.15) is 80.7 Å². The Labute approximate surface area is 137 Å². The topological polar surface area (TPSA) is 55.3 Å². The van der Waals surface area contributed by atoms with Gasteiger partial charge in [0.25, 0.3) is 0 Å². The minimum Gasteiger partial charge on any atom is -0.464 e. The molecule has 2 aliphatic rings. The predicted molar refractivity (Wildman–Crippen MR) is 86.0 cm³/mol. The highest BCUT2D eigenvalue weighted by Crippen LogP contribution is 2.39.